The highest BCUT2D eigenvalue weighted by atomic mass is 32.1. The van der Waals surface area contributed by atoms with E-state index >= 15 is 0 Å². The van der Waals surface area contributed by atoms with E-state index in [0.717, 1.165) is 29.1 Å². The van der Waals surface area contributed by atoms with Gasteiger partial charge >= 0.3 is 0 Å². The molecule has 156 valence electrons. The van der Waals surface area contributed by atoms with Crippen LogP contribution in [0.15, 0.2) is 42.3 Å². The molecule has 0 radical (unpaired) electrons. The van der Waals surface area contributed by atoms with E-state index in [2.05, 4.69) is 20.4 Å². The SMILES string of the molecule is Cn1cc(C(=O)NCC2CCN(C(=O)Cc3csc(-c4cccnc4)n3)CC2)cn1. The van der Waals surface area contributed by atoms with Crippen molar-refractivity contribution < 1.29 is 9.59 Å². The number of thiazole rings is 1. The van der Waals surface area contributed by atoms with Crippen molar-refractivity contribution >= 4 is 23.2 Å². The summed E-state index contributed by atoms with van der Waals surface area (Å²) in [6.07, 6.45) is 8.87. The number of carbonyl (C=O) groups excluding carboxylic acids is 2. The van der Waals surface area contributed by atoms with Crippen LogP contribution in [0.4, 0.5) is 0 Å². The Morgan fingerprint density at radius 3 is 2.80 bits per heavy atom. The maximum Gasteiger partial charge on any atom is 0.254 e. The van der Waals surface area contributed by atoms with E-state index in [1.165, 1.54) is 11.3 Å². The smallest absolute Gasteiger partial charge is 0.254 e. The zero-order valence-corrected chi connectivity index (χ0v) is 17.6. The van der Waals surface area contributed by atoms with Crippen LogP contribution >= 0.6 is 11.3 Å². The Bertz CT molecular complexity index is 1010. The quantitative estimate of drug-likeness (QED) is 0.655. The van der Waals surface area contributed by atoms with Crippen molar-refractivity contribution in [2.24, 2.45) is 13.0 Å². The Morgan fingerprint density at radius 2 is 2.10 bits per heavy atom. The van der Waals surface area contributed by atoms with Crippen molar-refractivity contribution in [3.05, 3.63) is 53.6 Å². The first kappa shape index (κ1) is 20.2. The van der Waals surface area contributed by atoms with Crippen LogP contribution in [0, 0.1) is 5.92 Å². The van der Waals surface area contributed by atoms with Gasteiger partial charge in [-0.15, -0.1) is 11.3 Å². The standard InChI is InChI=1S/C21H24N6O2S/c1-26-13-17(12-24-26)20(29)23-10-15-4-7-27(8-5-15)19(28)9-18-14-30-21(25-18)16-3-2-6-22-11-16/h2-3,6,11-15H,4-5,7-10H2,1H3,(H,23,29). The van der Waals surface area contributed by atoms with Crippen molar-refractivity contribution in [1.29, 1.82) is 0 Å². The predicted molar refractivity (Wildman–Crippen MR) is 114 cm³/mol. The van der Waals surface area contributed by atoms with Crippen LogP contribution in [-0.4, -0.2) is 56.1 Å². The molecule has 0 aliphatic carbocycles. The van der Waals surface area contributed by atoms with E-state index in [4.69, 9.17) is 0 Å². The number of hydrogen-bond acceptors (Lipinski definition) is 6. The number of aryl methyl sites for hydroxylation is 1. The third-order valence-corrected chi connectivity index (χ3v) is 6.22. The van der Waals surface area contributed by atoms with Gasteiger partial charge in [0, 0.05) is 56.2 Å². The maximum absolute atomic E-state index is 12.7. The minimum Gasteiger partial charge on any atom is -0.352 e. The van der Waals surface area contributed by atoms with Gasteiger partial charge in [-0.3, -0.25) is 19.3 Å². The van der Waals surface area contributed by atoms with Crippen molar-refractivity contribution in [3.8, 4) is 10.6 Å². The molecule has 0 saturated carbocycles. The summed E-state index contributed by atoms with van der Waals surface area (Å²) in [6.45, 7) is 2.05. The number of nitrogens with zero attached hydrogens (tertiary/aromatic N) is 5. The van der Waals surface area contributed by atoms with Gasteiger partial charge in [-0.1, -0.05) is 0 Å². The largest absolute Gasteiger partial charge is 0.352 e. The lowest BCUT2D eigenvalue weighted by Crippen LogP contribution is -2.42. The van der Waals surface area contributed by atoms with Crippen molar-refractivity contribution in [2.75, 3.05) is 19.6 Å². The molecule has 4 rings (SSSR count). The highest BCUT2D eigenvalue weighted by Gasteiger charge is 2.24. The number of carbonyl (C=O) groups is 2. The van der Waals surface area contributed by atoms with E-state index in [-0.39, 0.29) is 11.8 Å². The summed E-state index contributed by atoms with van der Waals surface area (Å²) in [7, 11) is 1.79. The maximum atomic E-state index is 12.7. The zero-order chi connectivity index (χ0) is 20.9. The van der Waals surface area contributed by atoms with Gasteiger partial charge in [-0.05, 0) is 30.9 Å². The molecular formula is C21H24N6O2S. The molecule has 0 unspecified atom stereocenters. The van der Waals surface area contributed by atoms with Crippen LogP contribution in [-0.2, 0) is 18.3 Å². The summed E-state index contributed by atoms with van der Waals surface area (Å²) >= 11 is 1.53. The van der Waals surface area contributed by atoms with Gasteiger partial charge in [0.05, 0.1) is 23.9 Å². The fraction of sp³-hybridized carbons (Fsp3) is 0.381. The van der Waals surface area contributed by atoms with E-state index < -0.39 is 0 Å². The fourth-order valence-corrected chi connectivity index (χ4v) is 4.35. The molecule has 0 bridgehead atoms. The highest BCUT2D eigenvalue weighted by Crippen LogP contribution is 2.23. The molecule has 1 aliphatic heterocycles. The second kappa shape index (κ2) is 9.17. The van der Waals surface area contributed by atoms with Crippen LogP contribution in [0.1, 0.15) is 28.9 Å². The molecule has 8 nitrogen and oxygen atoms in total. The van der Waals surface area contributed by atoms with E-state index in [1.54, 1.807) is 36.5 Å². The van der Waals surface area contributed by atoms with Crippen molar-refractivity contribution in [2.45, 2.75) is 19.3 Å². The number of hydrogen-bond donors (Lipinski definition) is 1. The molecule has 30 heavy (non-hydrogen) atoms. The molecule has 1 saturated heterocycles. The molecule has 2 amide bonds. The lowest BCUT2D eigenvalue weighted by atomic mass is 9.96. The Balaban J connectivity index is 1.23. The molecule has 3 aromatic rings. The Labute approximate surface area is 179 Å². The molecule has 0 spiro atoms. The summed E-state index contributed by atoms with van der Waals surface area (Å²) in [5.74, 6) is 0.386. The highest BCUT2D eigenvalue weighted by molar-refractivity contribution is 7.13. The van der Waals surface area contributed by atoms with Gasteiger partial charge in [0.1, 0.15) is 5.01 Å². The van der Waals surface area contributed by atoms with E-state index in [0.29, 0.717) is 37.5 Å². The number of piperidine rings is 1. The Kier molecular flexibility index (Phi) is 6.18. The summed E-state index contributed by atoms with van der Waals surface area (Å²) in [5.41, 5.74) is 2.34. The summed E-state index contributed by atoms with van der Waals surface area (Å²) < 4.78 is 1.61. The summed E-state index contributed by atoms with van der Waals surface area (Å²) in [4.78, 5) is 35.4. The number of amides is 2. The monoisotopic (exact) mass is 424 g/mol. The van der Waals surface area contributed by atoms with Crippen LogP contribution in [0.3, 0.4) is 0 Å². The summed E-state index contributed by atoms with van der Waals surface area (Å²) in [5, 5.41) is 9.82. The molecule has 3 aromatic heterocycles. The molecule has 0 atom stereocenters. The van der Waals surface area contributed by atoms with Gasteiger partial charge in [0.15, 0.2) is 0 Å². The first-order chi connectivity index (χ1) is 14.6. The molecule has 1 aliphatic rings. The topological polar surface area (TPSA) is 93.0 Å². The lowest BCUT2D eigenvalue weighted by Gasteiger charge is -2.32. The second-order valence-corrected chi connectivity index (χ2v) is 8.36. The predicted octanol–water partition coefficient (Wildman–Crippen LogP) is 2.15. The third kappa shape index (κ3) is 4.91. The minimum atomic E-state index is -0.102. The third-order valence-electron chi connectivity index (χ3n) is 5.28. The number of rotatable bonds is 6. The normalized spacial score (nSPS) is 14.6. The minimum absolute atomic E-state index is 0.102. The molecule has 0 aromatic carbocycles. The number of nitrogens with one attached hydrogen (secondary N) is 1. The Hall–Kier alpha value is -3.07. The summed E-state index contributed by atoms with van der Waals surface area (Å²) in [6, 6.07) is 3.85. The zero-order valence-electron chi connectivity index (χ0n) is 16.8. The van der Waals surface area contributed by atoms with Gasteiger partial charge in [-0.25, -0.2) is 4.98 Å². The molecular weight excluding hydrogens is 400 g/mol. The first-order valence-corrected chi connectivity index (χ1v) is 10.9. The lowest BCUT2D eigenvalue weighted by molar-refractivity contribution is -0.131. The second-order valence-electron chi connectivity index (χ2n) is 7.50. The van der Waals surface area contributed by atoms with Crippen LogP contribution in [0.5, 0.6) is 0 Å². The van der Waals surface area contributed by atoms with Gasteiger partial charge in [0.2, 0.25) is 5.91 Å². The fourth-order valence-electron chi connectivity index (χ4n) is 3.54. The van der Waals surface area contributed by atoms with E-state index in [9.17, 15) is 9.59 Å². The van der Waals surface area contributed by atoms with Crippen molar-refractivity contribution in [1.82, 2.24) is 30.0 Å². The average molecular weight is 425 g/mol. The Morgan fingerprint density at radius 1 is 1.27 bits per heavy atom. The van der Waals surface area contributed by atoms with Crippen LogP contribution in [0.2, 0.25) is 0 Å². The molecule has 9 heteroatoms. The van der Waals surface area contributed by atoms with Crippen LogP contribution in [0.25, 0.3) is 10.6 Å². The van der Waals surface area contributed by atoms with Gasteiger partial charge in [0.25, 0.3) is 5.91 Å². The number of pyridine rings is 1. The van der Waals surface area contributed by atoms with Crippen molar-refractivity contribution in [3.63, 3.8) is 0 Å². The van der Waals surface area contributed by atoms with E-state index in [1.807, 2.05) is 22.4 Å². The first-order valence-electron chi connectivity index (χ1n) is 9.98. The number of likely N-dealkylation sites (tertiary alicyclic amines) is 1. The molecule has 1 N–H and O–H groups in total. The molecule has 4 heterocycles. The average Bonchev–Trinajstić information content (AvgIpc) is 3.42. The van der Waals surface area contributed by atoms with Crippen LogP contribution < -0.4 is 5.32 Å². The van der Waals surface area contributed by atoms with Gasteiger partial charge < -0.3 is 10.2 Å². The number of aromatic nitrogens is 4. The molecule has 1 fully saturated rings. The van der Waals surface area contributed by atoms with Gasteiger partial charge in [-0.2, -0.15) is 5.10 Å².